The van der Waals surface area contributed by atoms with Crippen molar-refractivity contribution in [1.29, 1.82) is 0 Å². The lowest BCUT2D eigenvalue weighted by Gasteiger charge is -2.01. The molecule has 0 aliphatic heterocycles. The highest BCUT2D eigenvalue weighted by molar-refractivity contribution is 7.83. The van der Waals surface area contributed by atoms with Crippen LogP contribution >= 0.6 is 0 Å². The minimum Gasteiger partial charge on any atom is -0.399 e. The number of nitrogen functional groups attached to an aromatic ring is 1. The molecule has 0 saturated carbocycles. The molecule has 0 radical (unpaired) electrons. The highest BCUT2D eigenvalue weighted by atomic mass is 32.2. The van der Waals surface area contributed by atoms with Crippen LogP contribution in [0.3, 0.4) is 0 Å². The van der Waals surface area contributed by atoms with Crippen molar-refractivity contribution in [1.82, 2.24) is 0 Å². The molecule has 2 nitrogen and oxygen atoms in total. The van der Waals surface area contributed by atoms with E-state index in [0.717, 1.165) is 0 Å². The minimum atomic E-state index is -1.03. The van der Waals surface area contributed by atoms with Gasteiger partial charge >= 0.3 is 0 Å². The van der Waals surface area contributed by atoms with Crippen molar-refractivity contribution in [2.75, 3.05) is 12.0 Å². The maximum absolute atomic E-state index is 12.9. The number of halogens is 1. The number of anilines is 1. The summed E-state index contributed by atoms with van der Waals surface area (Å²) in [6.45, 7) is 0. The molecule has 2 N–H and O–H groups in total. The molecule has 0 spiro atoms. The van der Waals surface area contributed by atoms with E-state index < -0.39 is 10.8 Å². The van der Waals surface area contributed by atoms with E-state index in [1.807, 2.05) is 0 Å². The molecule has 4 heteroatoms. The number of rotatable bonds is 2. The van der Waals surface area contributed by atoms with Crippen molar-refractivity contribution in [2.45, 2.75) is 5.75 Å². The van der Waals surface area contributed by atoms with Gasteiger partial charge in [-0.05, 0) is 18.2 Å². The summed E-state index contributed by atoms with van der Waals surface area (Å²) in [5.41, 5.74) is 6.35. The van der Waals surface area contributed by atoms with Crippen LogP contribution in [0.2, 0.25) is 0 Å². The Hall–Kier alpha value is -0.900. The Morgan fingerprint density at radius 1 is 1.58 bits per heavy atom. The number of hydrogen-bond donors (Lipinski definition) is 1. The summed E-state index contributed by atoms with van der Waals surface area (Å²) in [5.74, 6) is -0.129. The smallest absolute Gasteiger partial charge is 0.127 e. The van der Waals surface area contributed by atoms with Gasteiger partial charge in [-0.25, -0.2) is 4.39 Å². The second kappa shape index (κ2) is 3.67. The predicted octanol–water partition coefficient (Wildman–Crippen LogP) is 1.29. The molecule has 1 aromatic rings. The molecule has 1 atom stereocenters. The molecule has 0 bridgehead atoms. The molecule has 12 heavy (non-hydrogen) atoms. The van der Waals surface area contributed by atoms with E-state index in [0.29, 0.717) is 11.3 Å². The second-order valence-electron chi connectivity index (χ2n) is 2.57. The van der Waals surface area contributed by atoms with E-state index in [1.54, 1.807) is 0 Å². The quantitative estimate of drug-likeness (QED) is 0.709. The zero-order valence-corrected chi connectivity index (χ0v) is 7.53. The van der Waals surface area contributed by atoms with Crippen LogP contribution in [0.25, 0.3) is 0 Å². The van der Waals surface area contributed by atoms with Crippen LogP contribution in [0.1, 0.15) is 5.56 Å². The normalized spacial score (nSPS) is 12.8. The van der Waals surface area contributed by atoms with Crippen LogP contribution in [0, 0.1) is 5.82 Å². The van der Waals surface area contributed by atoms with Gasteiger partial charge in [-0.1, -0.05) is 0 Å². The molecule has 0 saturated heterocycles. The Kier molecular flexibility index (Phi) is 2.81. The molecular weight excluding hydrogens is 177 g/mol. The first-order valence-corrected chi connectivity index (χ1v) is 5.16. The fourth-order valence-corrected chi connectivity index (χ4v) is 1.58. The van der Waals surface area contributed by atoms with Gasteiger partial charge < -0.3 is 5.73 Å². The first-order chi connectivity index (χ1) is 5.59. The molecule has 0 fully saturated rings. The Labute approximate surface area is 73.0 Å². The lowest BCUT2D eigenvalue weighted by molar-refractivity contribution is 0.615. The summed E-state index contributed by atoms with van der Waals surface area (Å²) in [6.07, 6.45) is 1.53. The van der Waals surface area contributed by atoms with Gasteiger partial charge in [0.2, 0.25) is 0 Å². The highest BCUT2D eigenvalue weighted by Crippen LogP contribution is 2.13. The van der Waals surface area contributed by atoms with Crippen LogP contribution in [-0.2, 0) is 16.6 Å². The Morgan fingerprint density at radius 2 is 2.25 bits per heavy atom. The monoisotopic (exact) mass is 187 g/mol. The summed E-state index contributed by atoms with van der Waals surface area (Å²) in [7, 11) is -1.03. The summed E-state index contributed by atoms with van der Waals surface area (Å²) < 4.78 is 23.7. The third kappa shape index (κ3) is 2.30. The van der Waals surface area contributed by atoms with E-state index >= 15 is 0 Å². The van der Waals surface area contributed by atoms with Gasteiger partial charge in [0.25, 0.3) is 0 Å². The number of hydrogen-bond acceptors (Lipinski definition) is 2. The van der Waals surface area contributed by atoms with Gasteiger partial charge in [-0.15, -0.1) is 0 Å². The molecule has 1 rings (SSSR count). The van der Waals surface area contributed by atoms with Gasteiger partial charge in [-0.3, -0.25) is 4.21 Å². The minimum absolute atomic E-state index is 0.219. The van der Waals surface area contributed by atoms with Crippen molar-refractivity contribution in [3.8, 4) is 0 Å². The van der Waals surface area contributed by atoms with Gasteiger partial charge in [0, 0.05) is 28.3 Å². The van der Waals surface area contributed by atoms with E-state index in [9.17, 15) is 8.60 Å². The fourth-order valence-electron chi connectivity index (χ4n) is 0.924. The molecular formula is C8H10FNOS. The largest absolute Gasteiger partial charge is 0.399 e. The van der Waals surface area contributed by atoms with E-state index in [1.165, 1.54) is 24.5 Å². The third-order valence-corrected chi connectivity index (χ3v) is 2.15. The second-order valence-corrected chi connectivity index (χ2v) is 4.00. The van der Waals surface area contributed by atoms with Crippen molar-refractivity contribution in [2.24, 2.45) is 0 Å². The van der Waals surface area contributed by atoms with Gasteiger partial charge in [0.15, 0.2) is 0 Å². The zero-order chi connectivity index (χ0) is 9.14. The van der Waals surface area contributed by atoms with Crippen molar-refractivity contribution in [3.63, 3.8) is 0 Å². The third-order valence-electron chi connectivity index (χ3n) is 1.43. The Bertz CT molecular complexity index is 314. The summed E-state index contributed by atoms with van der Waals surface area (Å²) in [5, 5.41) is 0. The van der Waals surface area contributed by atoms with Crippen LogP contribution in [-0.4, -0.2) is 10.5 Å². The maximum atomic E-state index is 12.9. The summed E-state index contributed by atoms with van der Waals surface area (Å²) in [4.78, 5) is 0. The average Bonchev–Trinajstić information content (AvgIpc) is 1.96. The lowest BCUT2D eigenvalue weighted by Crippen LogP contribution is -1.97. The maximum Gasteiger partial charge on any atom is 0.127 e. The van der Waals surface area contributed by atoms with Gasteiger partial charge in [-0.2, -0.15) is 0 Å². The van der Waals surface area contributed by atoms with E-state index in [4.69, 9.17) is 5.73 Å². The molecule has 0 aliphatic carbocycles. The number of benzene rings is 1. The molecule has 1 aromatic carbocycles. The fraction of sp³-hybridized carbons (Fsp3) is 0.250. The average molecular weight is 187 g/mol. The molecule has 0 heterocycles. The van der Waals surface area contributed by atoms with Crippen LogP contribution in [0.4, 0.5) is 10.1 Å². The Morgan fingerprint density at radius 3 is 2.83 bits per heavy atom. The van der Waals surface area contributed by atoms with Crippen molar-refractivity contribution < 1.29 is 8.60 Å². The molecule has 0 amide bonds. The van der Waals surface area contributed by atoms with E-state index in [-0.39, 0.29) is 11.6 Å². The first kappa shape index (κ1) is 9.19. The standard InChI is InChI=1S/C8H10FNOS/c1-12(11)5-6-4-7(10)2-3-8(6)9/h2-4H,5,10H2,1H3/t12-/m1/s1. The molecule has 0 unspecified atom stereocenters. The lowest BCUT2D eigenvalue weighted by atomic mass is 10.2. The topological polar surface area (TPSA) is 43.1 Å². The van der Waals surface area contributed by atoms with Crippen LogP contribution in [0.15, 0.2) is 18.2 Å². The zero-order valence-electron chi connectivity index (χ0n) is 6.71. The number of nitrogens with two attached hydrogens (primary N) is 1. The first-order valence-electron chi connectivity index (χ1n) is 3.43. The van der Waals surface area contributed by atoms with Crippen LogP contribution < -0.4 is 5.73 Å². The molecule has 0 aliphatic rings. The highest BCUT2D eigenvalue weighted by Gasteiger charge is 2.03. The van der Waals surface area contributed by atoms with Crippen LogP contribution in [0.5, 0.6) is 0 Å². The van der Waals surface area contributed by atoms with E-state index in [2.05, 4.69) is 0 Å². The molecule has 66 valence electrons. The predicted molar refractivity (Wildman–Crippen MR) is 48.6 cm³/mol. The van der Waals surface area contributed by atoms with Gasteiger partial charge in [0.05, 0.1) is 5.75 Å². The Balaban J connectivity index is 2.97. The summed E-state index contributed by atoms with van der Waals surface area (Å²) >= 11 is 0. The SMILES string of the molecule is C[S@@](=O)Cc1cc(N)ccc1F. The summed E-state index contributed by atoms with van der Waals surface area (Å²) in [6, 6.07) is 4.28. The van der Waals surface area contributed by atoms with Gasteiger partial charge in [0.1, 0.15) is 5.82 Å². The van der Waals surface area contributed by atoms with Crippen molar-refractivity contribution >= 4 is 16.5 Å². The van der Waals surface area contributed by atoms with Crippen molar-refractivity contribution in [3.05, 3.63) is 29.6 Å². The molecule has 0 aromatic heterocycles.